The molecule has 1 aromatic heterocycles. The minimum atomic E-state index is -1.39. The van der Waals surface area contributed by atoms with Crippen molar-refractivity contribution in [3.63, 3.8) is 0 Å². The van der Waals surface area contributed by atoms with Gasteiger partial charge in [-0.05, 0) is 25.1 Å². The summed E-state index contributed by atoms with van der Waals surface area (Å²) in [5, 5.41) is 2.32. The number of carbonyl (C=O) groups is 4. The predicted octanol–water partition coefficient (Wildman–Crippen LogP) is 2.43. The first kappa shape index (κ1) is 15.1. The first-order valence-electron chi connectivity index (χ1n) is 6.78. The van der Waals surface area contributed by atoms with Crippen LogP contribution in [0.5, 0.6) is 0 Å². The Kier molecular flexibility index (Phi) is 3.57. The summed E-state index contributed by atoms with van der Waals surface area (Å²) in [6.45, 7) is 1.84. The summed E-state index contributed by atoms with van der Waals surface area (Å²) in [6, 6.07) is 6.98. The van der Waals surface area contributed by atoms with Crippen molar-refractivity contribution in [2.75, 3.05) is 5.32 Å². The van der Waals surface area contributed by atoms with Crippen LogP contribution in [-0.2, 0) is 0 Å². The van der Waals surface area contributed by atoms with E-state index >= 15 is 0 Å². The fourth-order valence-corrected chi connectivity index (χ4v) is 3.46. The molecule has 3 rings (SSSR count). The van der Waals surface area contributed by atoms with Gasteiger partial charge in [0.05, 0.1) is 16.1 Å². The lowest BCUT2D eigenvalue weighted by molar-refractivity contribution is 0.0758. The molecule has 23 heavy (non-hydrogen) atoms. The van der Waals surface area contributed by atoms with E-state index in [0.717, 1.165) is 4.88 Å². The van der Waals surface area contributed by atoms with Crippen molar-refractivity contribution in [3.8, 4) is 0 Å². The highest BCUT2D eigenvalue weighted by Gasteiger charge is 2.45. The molecule has 0 aliphatic heterocycles. The minimum Gasteiger partial charge on any atom is -0.351 e. The molecule has 7 heteroatoms. The average Bonchev–Trinajstić information content (AvgIpc) is 3.02. The SMILES string of the molecule is Cc1ccc(C(=O)C2C(=O)c3cccc(NC(N)=O)c3C2=O)s1. The number of aryl methyl sites for hydroxylation is 1. The zero-order valence-corrected chi connectivity index (χ0v) is 12.9. The topological polar surface area (TPSA) is 106 Å². The second kappa shape index (κ2) is 5.44. The summed E-state index contributed by atoms with van der Waals surface area (Å²) >= 11 is 1.24. The quantitative estimate of drug-likeness (QED) is 0.666. The van der Waals surface area contributed by atoms with Crippen LogP contribution >= 0.6 is 11.3 Å². The Labute approximate surface area is 135 Å². The molecule has 6 nitrogen and oxygen atoms in total. The van der Waals surface area contributed by atoms with Crippen molar-refractivity contribution in [2.24, 2.45) is 11.7 Å². The average molecular weight is 328 g/mol. The Balaban J connectivity index is 2.04. The number of nitrogens with one attached hydrogen (secondary N) is 1. The van der Waals surface area contributed by atoms with Crippen molar-refractivity contribution in [1.82, 2.24) is 0 Å². The van der Waals surface area contributed by atoms with Crippen LogP contribution in [-0.4, -0.2) is 23.4 Å². The highest BCUT2D eigenvalue weighted by atomic mass is 32.1. The zero-order chi connectivity index (χ0) is 16.7. The van der Waals surface area contributed by atoms with Crippen molar-refractivity contribution >= 4 is 40.4 Å². The van der Waals surface area contributed by atoms with Crippen molar-refractivity contribution in [3.05, 3.63) is 51.2 Å². The number of Topliss-reactive ketones (excluding diaryl/α,β-unsaturated/α-hetero) is 3. The third kappa shape index (κ3) is 2.44. The number of primary amides is 1. The Morgan fingerprint density at radius 1 is 1.13 bits per heavy atom. The molecule has 0 saturated heterocycles. The summed E-state index contributed by atoms with van der Waals surface area (Å²) in [5.74, 6) is -3.06. The number of thiophene rings is 1. The zero-order valence-electron chi connectivity index (χ0n) is 12.1. The standard InChI is InChI=1S/C16H12N2O4S/c1-7-5-6-10(23-7)14(20)12-13(19)8-3-2-4-9(18-16(17)22)11(8)15(12)21/h2-6,12H,1H3,(H3,17,18,22). The number of ketones is 3. The molecule has 0 radical (unpaired) electrons. The number of hydrogen-bond donors (Lipinski definition) is 2. The van der Waals surface area contributed by atoms with Crippen LogP contribution in [0.4, 0.5) is 10.5 Å². The van der Waals surface area contributed by atoms with E-state index in [1.165, 1.54) is 29.5 Å². The molecule has 1 aliphatic rings. The van der Waals surface area contributed by atoms with Crippen molar-refractivity contribution in [1.29, 1.82) is 0 Å². The van der Waals surface area contributed by atoms with Crippen LogP contribution in [0.2, 0.25) is 0 Å². The Morgan fingerprint density at radius 3 is 2.48 bits per heavy atom. The monoisotopic (exact) mass is 328 g/mol. The van der Waals surface area contributed by atoms with E-state index in [0.29, 0.717) is 4.88 Å². The minimum absolute atomic E-state index is 0.0444. The van der Waals surface area contributed by atoms with Crippen LogP contribution in [0, 0.1) is 12.8 Å². The molecule has 1 atom stereocenters. The summed E-state index contributed by atoms with van der Waals surface area (Å²) in [7, 11) is 0. The molecule has 1 unspecified atom stereocenters. The van der Waals surface area contributed by atoms with Crippen LogP contribution in [0.1, 0.15) is 35.3 Å². The number of hydrogen-bond acceptors (Lipinski definition) is 5. The van der Waals surface area contributed by atoms with Gasteiger partial charge in [0.25, 0.3) is 0 Å². The Bertz CT molecular complexity index is 869. The summed E-state index contributed by atoms with van der Waals surface area (Å²) in [6.07, 6.45) is 0. The number of urea groups is 1. The van der Waals surface area contributed by atoms with Crippen LogP contribution in [0.15, 0.2) is 30.3 Å². The van der Waals surface area contributed by atoms with Gasteiger partial charge in [-0.1, -0.05) is 12.1 Å². The molecule has 2 aromatic rings. The smallest absolute Gasteiger partial charge is 0.316 e. The van der Waals surface area contributed by atoms with Gasteiger partial charge >= 0.3 is 6.03 Å². The first-order valence-corrected chi connectivity index (χ1v) is 7.60. The van der Waals surface area contributed by atoms with E-state index in [4.69, 9.17) is 5.73 Å². The molecule has 0 fully saturated rings. The van der Waals surface area contributed by atoms with Gasteiger partial charge in [-0.2, -0.15) is 0 Å². The molecule has 1 heterocycles. The van der Waals surface area contributed by atoms with E-state index in [-0.39, 0.29) is 16.8 Å². The molecular formula is C16H12N2O4S. The van der Waals surface area contributed by atoms with Gasteiger partial charge < -0.3 is 11.1 Å². The third-order valence-corrected chi connectivity index (χ3v) is 4.62. The number of benzene rings is 1. The molecular weight excluding hydrogens is 316 g/mol. The summed E-state index contributed by atoms with van der Waals surface area (Å²) < 4.78 is 0. The lowest BCUT2D eigenvalue weighted by Crippen LogP contribution is -2.25. The third-order valence-electron chi connectivity index (χ3n) is 3.60. The van der Waals surface area contributed by atoms with Crippen LogP contribution in [0.25, 0.3) is 0 Å². The maximum absolute atomic E-state index is 12.6. The maximum atomic E-state index is 12.6. The van der Waals surface area contributed by atoms with Crippen molar-refractivity contribution < 1.29 is 19.2 Å². The van der Waals surface area contributed by atoms with E-state index < -0.39 is 29.3 Å². The number of rotatable bonds is 3. The number of amides is 2. The normalized spacial score (nSPS) is 16.3. The van der Waals surface area contributed by atoms with Gasteiger partial charge in [0.2, 0.25) is 0 Å². The van der Waals surface area contributed by atoms with E-state index in [2.05, 4.69) is 5.32 Å². The van der Waals surface area contributed by atoms with Gasteiger partial charge in [0.15, 0.2) is 17.3 Å². The lowest BCUT2D eigenvalue weighted by Gasteiger charge is -2.06. The second-order valence-electron chi connectivity index (χ2n) is 5.15. The number of anilines is 1. The fraction of sp³-hybridized carbons (Fsp3) is 0.125. The molecule has 116 valence electrons. The molecule has 0 spiro atoms. The van der Waals surface area contributed by atoms with Crippen molar-refractivity contribution in [2.45, 2.75) is 6.92 Å². The molecule has 3 N–H and O–H groups in total. The molecule has 2 amide bonds. The summed E-state index contributed by atoms with van der Waals surface area (Å²) in [4.78, 5) is 50.0. The van der Waals surface area contributed by atoms with Crippen LogP contribution < -0.4 is 11.1 Å². The van der Waals surface area contributed by atoms with E-state index in [9.17, 15) is 19.2 Å². The van der Waals surface area contributed by atoms with Gasteiger partial charge in [0, 0.05) is 10.4 Å². The summed E-state index contributed by atoms with van der Waals surface area (Å²) in [5.41, 5.74) is 5.40. The van der Waals surface area contributed by atoms with Gasteiger partial charge in [-0.15, -0.1) is 11.3 Å². The fourth-order valence-electron chi connectivity index (χ4n) is 2.63. The van der Waals surface area contributed by atoms with E-state index in [1.54, 1.807) is 12.1 Å². The largest absolute Gasteiger partial charge is 0.351 e. The van der Waals surface area contributed by atoms with E-state index in [1.807, 2.05) is 6.92 Å². The van der Waals surface area contributed by atoms with Gasteiger partial charge in [-0.25, -0.2) is 4.79 Å². The Morgan fingerprint density at radius 2 is 1.87 bits per heavy atom. The number of carbonyl (C=O) groups excluding carboxylic acids is 4. The Hall–Kier alpha value is -2.80. The van der Waals surface area contributed by atoms with Crippen LogP contribution in [0.3, 0.4) is 0 Å². The predicted molar refractivity (Wildman–Crippen MR) is 85.2 cm³/mol. The lowest BCUT2D eigenvalue weighted by atomic mass is 9.97. The van der Waals surface area contributed by atoms with Gasteiger partial charge in [-0.3, -0.25) is 14.4 Å². The molecule has 1 aliphatic carbocycles. The number of nitrogens with two attached hydrogens (primary N) is 1. The molecule has 0 bridgehead atoms. The highest BCUT2D eigenvalue weighted by molar-refractivity contribution is 7.14. The van der Waals surface area contributed by atoms with Gasteiger partial charge in [0.1, 0.15) is 5.92 Å². The highest BCUT2D eigenvalue weighted by Crippen LogP contribution is 2.35. The first-order chi connectivity index (χ1) is 10.9. The number of fused-ring (bicyclic) bond motifs is 1. The molecule has 1 aromatic carbocycles. The maximum Gasteiger partial charge on any atom is 0.316 e. The molecule has 0 saturated carbocycles. The second-order valence-corrected chi connectivity index (χ2v) is 6.44.